The van der Waals surface area contributed by atoms with Crippen LogP contribution in [0.15, 0.2) is 84.1 Å². The quantitative estimate of drug-likeness (QED) is 0.268. The number of hydrogen-bond donors (Lipinski definition) is 0. The van der Waals surface area contributed by atoms with E-state index in [1.54, 1.807) is 11.1 Å². The maximum atomic E-state index is 4.18. The zero-order valence-electron chi connectivity index (χ0n) is 22.4. The number of hydrogen-bond acceptors (Lipinski definition) is 0. The minimum atomic E-state index is 0.398. The van der Waals surface area contributed by atoms with E-state index in [0.29, 0.717) is 35.5 Å². The molecule has 0 heterocycles. The van der Waals surface area contributed by atoms with Gasteiger partial charge in [-0.3, -0.25) is 0 Å². The highest BCUT2D eigenvalue weighted by Gasteiger charge is 2.32. The monoisotopic (exact) mass is 434 g/mol. The summed E-state index contributed by atoms with van der Waals surface area (Å²) in [7, 11) is 0. The van der Waals surface area contributed by atoms with Crippen molar-refractivity contribution in [3.05, 3.63) is 84.1 Å². The van der Waals surface area contributed by atoms with Gasteiger partial charge in [0, 0.05) is 11.8 Å². The summed E-state index contributed by atoms with van der Waals surface area (Å²) in [6.07, 6.45) is 18.3. The van der Waals surface area contributed by atoms with Crippen molar-refractivity contribution in [2.24, 2.45) is 35.5 Å². The van der Waals surface area contributed by atoms with Crippen molar-refractivity contribution in [3.63, 3.8) is 0 Å². The molecular weight excluding hydrogens is 384 g/mol. The molecule has 0 aliphatic heterocycles. The average molecular weight is 435 g/mol. The van der Waals surface area contributed by atoms with Crippen LogP contribution in [0.3, 0.4) is 0 Å². The van der Waals surface area contributed by atoms with Crippen LogP contribution in [0, 0.1) is 35.5 Å². The third kappa shape index (κ3) is 7.95. The van der Waals surface area contributed by atoms with Gasteiger partial charge in [-0.15, -0.1) is 19.7 Å². The van der Waals surface area contributed by atoms with E-state index >= 15 is 0 Å². The van der Waals surface area contributed by atoms with Gasteiger partial charge in [0.05, 0.1) is 0 Å². The molecule has 0 saturated heterocycles. The summed E-state index contributed by atoms with van der Waals surface area (Å²) in [4.78, 5) is 0. The van der Waals surface area contributed by atoms with Crippen molar-refractivity contribution in [3.8, 4) is 0 Å². The van der Waals surface area contributed by atoms with Crippen LogP contribution in [0.4, 0.5) is 0 Å². The van der Waals surface area contributed by atoms with E-state index in [-0.39, 0.29) is 0 Å². The number of allylic oxidation sites excluding steroid dienone is 11. The predicted octanol–water partition coefficient (Wildman–Crippen LogP) is 10.1. The Morgan fingerprint density at radius 1 is 1.06 bits per heavy atom. The molecule has 1 aliphatic rings. The van der Waals surface area contributed by atoms with Crippen LogP contribution in [0.2, 0.25) is 0 Å². The molecule has 0 nitrogen and oxygen atoms in total. The van der Waals surface area contributed by atoms with E-state index in [1.165, 1.54) is 23.1 Å². The minimum absolute atomic E-state index is 0.398. The lowest BCUT2D eigenvalue weighted by Gasteiger charge is -2.35. The van der Waals surface area contributed by atoms with Gasteiger partial charge in [0.15, 0.2) is 0 Å². The molecule has 0 radical (unpaired) electrons. The molecule has 6 unspecified atom stereocenters. The van der Waals surface area contributed by atoms with Crippen molar-refractivity contribution in [2.75, 3.05) is 0 Å². The van der Waals surface area contributed by atoms with Crippen LogP contribution in [0.5, 0.6) is 0 Å². The number of rotatable bonds is 12. The van der Waals surface area contributed by atoms with E-state index in [0.717, 1.165) is 19.3 Å². The second-order valence-corrected chi connectivity index (χ2v) is 10.5. The van der Waals surface area contributed by atoms with Gasteiger partial charge in [-0.2, -0.15) is 0 Å². The molecule has 178 valence electrons. The third-order valence-electron chi connectivity index (χ3n) is 7.33. The Morgan fingerprint density at radius 3 is 2.22 bits per heavy atom. The van der Waals surface area contributed by atoms with Gasteiger partial charge in [-0.1, -0.05) is 85.1 Å². The molecular formula is C32H50. The second-order valence-electron chi connectivity index (χ2n) is 10.5. The van der Waals surface area contributed by atoms with Crippen molar-refractivity contribution in [1.82, 2.24) is 0 Å². The molecule has 0 amide bonds. The Labute approximate surface area is 200 Å². The zero-order valence-corrected chi connectivity index (χ0v) is 22.4. The van der Waals surface area contributed by atoms with Crippen LogP contribution < -0.4 is 0 Å². The van der Waals surface area contributed by atoms with Crippen molar-refractivity contribution in [1.29, 1.82) is 0 Å². The first-order valence-corrected chi connectivity index (χ1v) is 12.7. The fraction of sp³-hybridized carbons (Fsp3) is 0.562. The van der Waals surface area contributed by atoms with Gasteiger partial charge >= 0.3 is 0 Å². The summed E-state index contributed by atoms with van der Waals surface area (Å²) in [5.74, 6) is 3.00. The van der Waals surface area contributed by atoms with E-state index in [9.17, 15) is 0 Å². The van der Waals surface area contributed by atoms with Gasteiger partial charge in [0.1, 0.15) is 0 Å². The van der Waals surface area contributed by atoms with Crippen LogP contribution in [-0.4, -0.2) is 0 Å². The van der Waals surface area contributed by atoms with Gasteiger partial charge in [-0.05, 0) is 84.0 Å². The van der Waals surface area contributed by atoms with Gasteiger partial charge in [0.2, 0.25) is 0 Å². The third-order valence-corrected chi connectivity index (χ3v) is 7.33. The second kappa shape index (κ2) is 13.7. The maximum Gasteiger partial charge on any atom is 0.00502 e. The Morgan fingerprint density at radius 2 is 1.72 bits per heavy atom. The normalized spacial score (nSPS) is 24.1. The highest BCUT2D eigenvalue weighted by atomic mass is 14.4. The first-order chi connectivity index (χ1) is 15.1. The van der Waals surface area contributed by atoms with E-state index < -0.39 is 0 Å². The SMILES string of the molecule is C=CCC(C=C)C(C)=CCC(C)C1C(C)=CC(CC(=C)C)C=CC1C(=C(C)C)C(C)CC. The van der Waals surface area contributed by atoms with E-state index in [1.807, 2.05) is 6.08 Å². The fourth-order valence-electron chi connectivity index (χ4n) is 5.49. The van der Waals surface area contributed by atoms with Gasteiger partial charge < -0.3 is 0 Å². The van der Waals surface area contributed by atoms with Crippen molar-refractivity contribution in [2.45, 2.75) is 81.1 Å². The molecule has 0 aromatic carbocycles. The van der Waals surface area contributed by atoms with Gasteiger partial charge in [-0.25, -0.2) is 0 Å². The average Bonchev–Trinajstić information content (AvgIpc) is 2.87. The summed E-state index contributed by atoms with van der Waals surface area (Å²) < 4.78 is 0. The van der Waals surface area contributed by atoms with Crippen LogP contribution in [-0.2, 0) is 0 Å². The zero-order chi connectivity index (χ0) is 24.4. The van der Waals surface area contributed by atoms with Crippen molar-refractivity contribution >= 4 is 0 Å². The molecule has 0 saturated carbocycles. The predicted molar refractivity (Wildman–Crippen MR) is 147 cm³/mol. The lowest BCUT2D eigenvalue weighted by Crippen LogP contribution is -2.26. The molecule has 0 bridgehead atoms. The molecule has 0 heteroatoms. The lowest BCUT2D eigenvalue weighted by atomic mass is 9.69. The fourth-order valence-corrected chi connectivity index (χ4v) is 5.49. The van der Waals surface area contributed by atoms with Crippen molar-refractivity contribution < 1.29 is 0 Å². The highest BCUT2D eigenvalue weighted by Crippen LogP contribution is 2.43. The Bertz CT molecular complexity index is 762. The van der Waals surface area contributed by atoms with Crippen LogP contribution in [0.25, 0.3) is 0 Å². The Balaban J connectivity index is 3.40. The largest absolute Gasteiger partial charge is 0.103 e. The molecule has 0 fully saturated rings. The Kier molecular flexibility index (Phi) is 12.0. The minimum Gasteiger partial charge on any atom is -0.103 e. The highest BCUT2D eigenvalue weighted by molar-refractivity contribution is 5.30. The summed E-state index contributed by atoms with van der Waals surface area (Å²) in [5, 5.41) is 0. The summed E-state index contributed by atoms with van der Waals surface area (Å²) in [6, 6.07) is 0. The van der Waals surface area contributed by atoms with E-state index in [2.05, 4.69) is 106 Å². The standard InChI is InChI=1S/C32H50/c1-12-15-29(14-3)25(9)16-17-26(10)32-27(11)21-28(20-22(4)5)18-19-30(32)31(23(6)7)24(8)13-2/h12,14,16,18-19,21,24,26,28-30,32H,1,3-4,13,15,17,20H2,2,5-11H3. The van der Waals surface area contributed by atoms with Crippen LogP contribution >= 0.6 is 0 Å². The molecule has 0 aromatic heterocycles. The van der Waals surface area contributed by atoms with Gasteiger partial charge in [0.25, 0.3) is 0 Å². The topological polar surface area (TPSA) is 0 Å². The molecule has 1 rings (SSSR count). The molecule has 0 aromatic rings. The summed E-state index contributed by atoms with van der Waals surface area (Å²) >= 11 is 0. The first-order valence-electron chi connectivity index (χ1n) is 12.7. The van der Waals surface area contributed by atoms with Crippen LogP contribution in [0.1, 0.15) is 81.1 Å². The smallest absolute Gasteiger partial charge is 0.00502 e. The molecule has 1 aliphatic carbocycles. The summed E-state index contributed by atoms with van der Waals surface area (Å²) in [6.45, 7) is 30.7. The molecule has 32 heavy (non-hydrogen) atoms. The first kappa shape index (κ1) is 28.2. The lowest BCUT2D eigenvalue weighted by molar-refractivity contribution is 0.336. The molecule has 6 atom stereocenters. The summed E-state index contributed by atoms with van der Waals surface area (Å²) in [5.41, 5.74) is 7.34. The van der Waals surface area contributed by atoms with E-state index in [4.69, 9.17) is 0 Å². The molecule has 0 N–H and O–H groups in total. The Hall–Kier alpha value is -1.82. The molecule has 0 spiro atoms. The maximum absolute atomic E-state index is 4.18.